The summed E-state index contributed by atoms with van der Waals surface area (Å²) in [5.74, 6) is 0. The molecule has 0 saturated carbocycles. The van der Waals surface area contributed by atoms with Crippen molar-refractivity contribution < 1.29 is 20.3 Å². The van der Waals surface area contributed by atoms with Crippen molar-refractivity contribution in [3.8, 4) is 0 Å². The molecular formula is C22H32SiZr. The summed E-state index contributed by atoms with van der Waals surface area (Å²) in [4.78, 5) is 0. The SMILES string of the molecule is C[Si]1(C)C2=CC3=C(CCCC3)[CH]2[Zr]([CH3])([CH3])[CH]2C1=CC1=C2CCCC1. The molecule has 24 heavy (non-hydrogen) atoms. The van der Waals surface area contributed by atoms with Gasteiger partial charge >= 0.3 is 154 Å². The van der Waals surface area contributed by atoms with E-state index in [4.69, 9.17) is 0 Å². The van der Waals surface area contributed by atoms with Gasteiger partial charge in [-0.1, -0.05) is 0 Å². The molecule has 0 bridgehead atoms. The maximum absolute atomic E-state index is 2.82. The van der Waals surface area contributed by atoms with E-state index in [9.17, 15) is 0 Å². The van der Waals surface area contributed by atoms with E-state index >= 15 is 0 Å². The zero-order valence-electron chi connectivity index (χ0n) is 16.0. The normalized spacial score (nSPS) is 35.8. The van der Waals surface area contributed by atoms with Gasteiger partial charge in [0.15, 0.2) is 0 Å². The Morgan fingerprint density at radius 2 is 1.17 bits per heavy atom. The fourth-order valence-electron chi connectivity index (χ4n) is 6.93. The Hall–Kier alpha value is 0.0600. The van der Waals surface area contributed by atoms with Crippen LogP contribution < -0.4 is 0 Å². The van der Waals surface area contributed by atoms with Crippen LogP contribution in [0.25, 0.3) is 0 Å². The van der Waals surface area contributed by atoms with Gasteiger partial charge in [0.2, 0.25) is 0 Å². The van der Waals surface area contributed by atoms with E-state index in [0.29, 0.717) is 0 Å². The minimum atomic E-state index is -2.28. The average molecular weight is 416 g/mol. The molecule has 1 heterocycles. The third-order valence-electron chi connectivity index (χ3n) is 8.02. The van der Waals surface area contributed by atoms with Crippen LogP contribution in [-0.2, 0) is 20.3 Å². The first-order valence-corrected chi connectivity index (χ1v) is 21.1. The molecule has 2 unspecified atom stereocenters. The van der Waals surface area contributed by atoms with Crippen LogP contribution in [0.3, 0.4) is 0 Å². The van der Waals surface area contributed by atoms with Crippen molar-refractivity contribution in [3.05, 3.63) is 44.8 Å². The Balaban J connectivity index is 1.69. The summed E-state index contributed by atoms with van der Waals surface area (Å²) >= 11 is -2.28. The molecule has 1 saturated heterocycles. The molecule has 1 fully saturated rings. The molecule has 0 aromatic carbocycles. The molecule has 0 N–H and O–H groups in total. The summed E-state index contributed by atoms with van der Waals surface area (Å²) < 4.78 is 7.61. The summed E-state index contributed by atoms with van der Waals surface area (Å²) in [7, 11) is -1.42. The predicted octanol–water partition coefficient (Wildman–Crippen LogP) is 7.24. The van der Waals surface area contributed by atoms with Crippen molar-refractivity contribution in [3.63, 3.8) is 0 Å². The summed E-state index contributed by atoms with van der Waals surface area (Å²) in [6.07, 6.45) is 17.0. The van der Waals surface area contributed by atoms with Crippen molar-refractivity contribution in [2.45, 2.75) is 81.0 Å². The molecule has 128 valence electrons. The van der Waals surface area contributed by atoms with Gasteiger partial charge in [0, 0.05) is 0 Å². The molecule has 0 aromatic rings. The zero-order valence-corrected chi connectivity index (χ0v) is 19.4. The number of hydrogen-bond acceptors (Lipinski definition) is 0. The van der Waals surface area contributed by atoms with E-state index in [0.717, 1.165) is 7.25 Å². The summed E-state index contributed by atoms with van der Waals surface area (Å²) in [5, 5.41) is 3.97. The molecule has 5 rings (SSSR count). The van der Waals surface area contributed by atoms with Gasteiger partial charge in [0.05, 0.1) is 0 Å². The fourth-order valence-corrected chi connectivity index (χ4v) is 31.1. The minimum absolute atomic E-state index is 0.979. The molecule has 0 aromatic heterocycles. The van der Waals surface area contributed by atoms with Gasteiger partial charge in [0.25, 0.3) is 0 Å². The summed E-state index contributed by atoms with van der Waals surface area (Å²) in [5.41, 5.74) is 7.54. The van der Waals surface area contributed by atoms with E-state index in [1.165, 1.54) is 51.4 Å². The second kappa shape index (κ2) is 5.29. The molecule has 4 aliphatic carbocycles. The van der Waals surface area contributed by atoms with E-state index < -0.39 is 28.3 Å². The van der Waals surface area contributed by atoms with Gasteiger partial charge in [0.1, 0.15) is 0 Å². The first kappa shape index (κ1) is 16.2. The van der Waals surface area contributed by atoms with E-state index in [2.05, 4.69) is 34.5 Å². The number of fused-ring (bicyclic) bond motifs is 4. The van der Waals surface area contributed by atoms with Gasteiger partial charge in [-0.25, -0.2) is 0 Å². The average Bonchev–Trinajstić information content (AvgIpc) is 3.14. The maximum atomic E-state index is 2.82. The van der Waals surface area contributed by atoms with Crippen LogP contribution in [0.1, 0.15) is 51.4 Å². The number of allylic oxidation sites excluding steroid dienone is 8. The van der Waals surface area contributed by atoms with Crippen LogP contribution >= 0.6 is 0 Å². The quantitative estimate of drug-likeness (QED) is 0.366. The van der Waals surface area contributed by atoms with Crippen molar-refractivity contribution in [1.29, 1.82) is 0 Å². The van der Waals surface area contributed by atoms with Gasteiger partial charge in [-0.15, -0.1) is 0 Å². The van der Waals surface area contributed by atoms with Crippen LogP contribution in [0, 0.1) is 0 Å². The second-order valence-electron chi connectivity index (χ2n) is 10.0. The van der Waals surface area contributed by atoms with Crippen LogP contribution in [0.15, 0.2) is 44.8 Å². The van der Waals surface area contributed by atoms with Gasteiger partial charge in [-0.05, 0) is 0 Å². The van der Waals surface area contributed by atoms with Crippen molar-refractivity contribution in [2.24, 2.45) is 0 Å². The van der Waals surface area contributed by atoms with Crippen LogP contribution in [-0.4, -0.2) is 8.07 Å². The van der Waals surface area contributed by atoms with E-state index in [1.807, 2.05) is 32.7 Å². The molecule has 2 heteroatoms. The third kappa shape index (κ3) is 1.99. The van der Waals surface area contributed by atoms with Crippen molar-refractivity contribution >= 4 is 8.07 Å². The Bertz CT molecular complexity index is 684. The molecule has 1 aliphatic heterocycles. The molecule has 5 aliphatic rings. The van der Waals surface area contributed by atoms with Crippen LogP contribution in [0.4, 0.5) is 0 Å². The first-order valence-electron chi connectivity index (χ1n) is 10.3. The summed E-state index contributed by atoms with van der Waals surface area (Å²) in [6, 6.07) is 0. The standard InChI is InChI=1S/C20H26Si.2CH3.Zr/c1-21(2,19-11-15-7-3-4-8-16(15)12-19)20-13-17-9-5-6-10-18(17)14-20;;;/h11-14H,3-10H2,1-2H3;2*1H3;. The molecular weight excluding hydrogens is 384 g/mol. The van der Waals surface area contributed by atoms with Crippen LogP contribution in [0.5, 0.6) is 0 Å². The molecule has 0 radical (unpaired) electrons. The Kier molecular flexibility index (Phi) is 3.58. The number of rotatable bonds is 0. The monoisotopic (exact) mass is 414 g/mol. The van der Waals surface area contributed by atoms with Crippen LogP contribution in [0.2, 0.25) is 29.6 Å². The molecule has 0 nitrogen and oxygen atoms in total. The molecule has 2 atom stereocenters. The topological polar surface area (TPSA) is 0 Å². The molecule has 0 amide bonds. The molecule has 0 spiro atoms. The zero-order chi connectivity index (χ0) is 16.7. The Labute approximate surface area is 153 Å². The second-order valence-corrected chi connectivity index (χ2v) is 26.2. The Morgan fingerprint density at radius 1 is 0.750 bits per heavy atom. The summed E-state index contributed by atoms with van der Waals surface area (Å²) in [6.45, 7) is 5.39. The van der Waals surface area contributed by atoms with Gasteiger partial charge < -0.3 is 0 Å². The van der Waals surface area contributed by atoms with Gasteiger partial charge in [-0.3, -0.25) is 0 Å². The number of hydrogen-bond donors (Lipinski definition) is 0. The van der Waals surface area contributed by atoms with E-state index in [-0.39, 0.29) is 0 Å². The first-order chi connectivity index (χ1) is 11.4. The van der Waals surface area contributed by atoms with Gasteiger partial charge in [-0.2, -0.15) is 0 Å². The third-order valence-corrected chi connectivity index (χ3v) is 23.7. The van der Waals surface area contributed by atoms with E-state index in [1.54, 1.807) is 0 Å². The predicted molar refractivity (Wildman–Crippen MR) is 104 cm³/mol. The Morgan fingerprint density at radius 3 is 1.62 bits per heavy atom. The van der Waals surface area contributed by atoms with Crippen molar-refractivity contribution in [1.82, 2.24) is 0 Å². The fraction of sp³-hybridized carbons (Fsp3) is 0.636. The van der Waals surface area contributed by atoms with Crippen molar-refractivity contribution in [2.75, 3.05) is 0 Å².